The van der Waals surface area contributed by atoms with Crippen LogP contribution in [-0.2, 0) is 4.84 Å². The smallest absolute Gasteiger partial charge is 0.123 e. The zero-order chi connectivity index (χ0) is 14.5. The normalized spacial score (nSPS) is 15.3. The van der Waals surface area contributed by atoms with Crippen LogP contribution in [0, 0.1) is 11.8 Å². The van der Waals surface area contributed by atoms with Gasteiger partial charge in [-0.05, 0) is 38.2 Å². The third-order valence-corrected chi connectivity index (χ3v) is 3.75. The summed E-state index contributed by atoms with van der Waals surface area (Å²) in [4.78, 5) is 5.69. The van der Waals surface area contributed by atoms with Crippen molar-refractivity contribution in [2.45, 2.75) is 79.6 Å². The fourth-order valence-electron chi connectivity index (χ4n) is 2.07. The summed E-state index contributed by atoms with van der Waals surface area (Å²) in [5.74, 6) is 2.52. The minimum Gasteiger partial charge on any atom is -0.413 e. The molecule has 2 nitrogen and oxygen atoms in total. The van der Waals surface area contributed by atoms with E-state index in [-0.39, 0.29) is 0 Å². The van der Waals surface area contributed by atoms with Crippen molar-refractivity contribution in [1.29, 1.82) is 0 Å². The van der Waals surface area contributed by atoms with E-state index in [0.717, 1.165) is 24.6 Å². The van der Waals surface area contributed by atoms with E-state index in [4.69, 9.17) is 4.84 Å². The monoisotopic (exact) mass is 269 g/mol. The lowest BCUT2D eigenvalue weighted by atomic mass is 9.99. The van der Waals surface area contributed by atoms with E-state index in [2.05, 4.69) is 46.2 Å². The molecule has 0 spiro atoms. The molecule has 0 fully saturated rings. The highest BCUT2D eigenvalue weighted by Gasteiger charge is 2.10. The Labute approximate surface area is 121 Å². The summed E-state index contributed by atoms with van der Waals surface area (Å²) in [5, 5.41) is 0. The molecular weight excluding hydrogens is 234 g/mol. The maximum Gasteiger partial charge on any atom is 0.123 e. The van der Waals surface area contributed by atoms with E-state index in [1.807, 2.05) is 0 Å². The second-order valence-electron chi connectivity index (χ2n) is 5.69. The number of unbranched alkanes of at least 4 members (excludes halogenated alkanes) is 2. The molecule has 2 unspecified atom stereocenters. The van der Waals surface area contributed by atoms with Gasteiger partial charge in [-0.2, -0.15) is 5.48 Å². The van der Waals surface area contributed by atoms with Crippen LogP contribution in [0.4, 0.5) is 0 Å². The first-order chi connectivity index (χ1) is 9.15. The standard InChI is InChI=1S/C17H35NO/c1-6-9-13-16(5)17(19-18-8-3)14-11-10-12-15(4)7-2/h14-16,18H,6-13H2,1-5H3. The van der Waals surface area contributed by atoms with Crippen LogP contribution in [0.25, 0.3) is 0 Å². The van der Waals surface area contributed by atoms with Gasteiger partial charge in [0.1, 0.15) is 5.76 Å². The number of hydrogen-bond acceptors (Lipinski definition) is 2. The van der Waals surface area contributed by atoms with Crippen molar-refractivity contribution in [2.24, 2.45) is 11.8 Å². The van der Waals surface area contributed by atoms with Crippen LogP contribution in [0.1, 0.15) is 79.6 Å². The van der Waals surface area contributed by atoms with Crippen molar-refractivity contribution >= 4 is 0 Å². The van der Waals surface area contributed by atoms with E-state index in [1.54, 1.807) is 0 Å². The highest BCUT2D eigenvalue weighted by molar-refractivity contribution is 4.97. The van der Waals surface area contributed by atoms with Crippen molar-refractivity contribution in [3.63, 3.8) is 0 Å². The zero-order valence-corrected chi connectivity index (χ0v) is 13.8. The Morgan fingerprint density at radius 3 is 2.42 bits per heavy atom. The second-order valence-corrected chi connectivity index (χ2v) is 5.69. The predicted molar refractivity (Wildman–Crippen MR) is 84.8 cm³/mol. The van der Waals surface area contributed by atoms with Gasteiger partial charge in [0, 0.05) is 12.5 Å². The van der Waals surface area contributed by atoms with Gasteiger partial charge in [0.25, 0.3) is 0 Å². The van der Waals surface area contributed by atoms with Crippen LogP contribution in [0.3, 0.4) is 0 Å². The molecule has 0 aromatic carbocycles. The molecule has 114 valence electrons. The van der Waals surface area contributed by atoms with E-state index in [0.29, 0.717) is 5.92 Å². The first kappa shape index (κ1) is 18.5. The minimum absolute atomic E-state index is 0.530. The van der Waals surface area contributed by atoms with Crippen molar-refractivity contribution in [3.8, 4) is 0 Å². The van der Waals surface area contributed by atoms with Crippen LogP contribution in [0.15, 0.2) is 11.8 Å². The Morgan fingerprint density at radius 2 is 1.84 bits per heavy atom. The molecule has 0 aromatic heterocycles. The van der Waals surface area contributed by atoms with Gasteiger partial charge in [-0.3, -0.25) is 0 Å². The quantitative estimate of drug-likeness (QED) is 0.289. The van der Waals surface area contributed by atoms with Gasteiger partial charge in [0.15, 0.2) is 0 Å². The highest BCUT2D eigenvalue weighted by Crippen LogP contribution is 2.20. The molecule has 1 N–H and O–H groups in total. The Bertz CT molecular complexity index is 225. The Balaban J connectivity index is 4.14. The molecule has 0 bridgehead atoms. The molecule has 19 heavy (non-hydrogen) atoms. The van der Waals surface area contributed by atoms with Gasteiger partial charge in [0.05, 0.1) is 0 Å². The number of rotatable bonds is 12. The van der Waals surface area contributed by atoms with E-state index >= 15 is 0 Å². The molecule has 0 rings (SSSR count). The molecule has 0 aliphatic carbocycles. The molecule has 2 heteroatoms. The first-order valence-electron chi connectivity index (χ1n) is 8.25. The third kappa shape index (κ3) is 10.0. The molecule has 0 aliphatic rings. The summed E-state index contributed by atoms with van der Waals surface area (Å²) in [5.41, 5.74) is 3.00. The summed E-state index contributed by atoms with van der Waals surface area (Å²) in [6.45, 7) is 12.0. The van der Waals surface area contributed by atoms with Crippen molar-refractivity contribution in [3.05, 3.63) is 11.8 Å². The van der Waals surface area contributed by atoms with Gasteiger partial charge in [-0.15, -0.1) is 0 Å². The summed E-state index contributed by atoms with van der Waals surface area (Å²) in [6, 6.07) is 0. The second kappa shape index (κ2) is 12.5. The van der Waals surface area contributed by atoms with Crippen molar-refractivity contribution in [2.75, 3.05) is 6.54 Å². The molecule has 0 amide bonds. The number of hydrogen-bond donors (Lipinski definition) is 1. The van der Waals surface area contributed by atoms with Crippen LogP contribution >= 0.6 is 0 Å². The van der Waals surface area contributed by atoms with E-state index in [1.165, 1.54) is 38.5 Å². The molecular formula is C17H35NO. The Hall–Kier alpha value is -0.500. The topological polar surface area (TPSA) is 21.3 Å². The predicted octanol–water partition coefficient (Wildman–Crippen LogP) is 5.45. The number of allylic oxidation sites excluding steroid dienone is 2. The zero-order valence-electron chi connectivity index (χ0n) is 13.8. The molecule has 0 heterocycles. The van der Waals surface area contributed by atoms with Gasteiger partial charge >= 0.3 is 0 Å². The van der Waals surface area contributed by atoms with E-state index < -0.39 is 0 Å². The molecule has 0 saturated carbocycles. The maximum atomic E-state index is 5.69. The summed E-state index contributed by atoms with van der Waals surface area (Å²) in [7, 11) is 0. The molecule has 2 atom stereocenters. The Kier molecular flexibility index (Phi) is 12.2. The van der Waals surface area contributed by atoms with E-state index in [9.17, 15) is 0 Å². The summed E-state index contributed by atoms with van der Waals surface area (Å²) >= 11 is 0. The lowest BCUT2D eigenvalue weighted by Gasteiger charge is -2.17. The maximum absolute atomic E-state index is 5.69. The van der Waals surface area contributed by atoms with Crippen LogP contribution in [0.2, 0.25) is 0 Å². The number of hydroxylamine groups is 1. The average Bonchev–Trinajstić information content (AvgIpc) is 2.43. The fraction of sp³-hybridized carbons (Fsp3) is 0.882. The van der Waals surface area contributed by atoms with Crippen LogP contribution in [-0.4, -0.2) is 6.54 Å². The third-order valence-electron chi connectivity index (χ3n) is 3.75. The molecule has 0 aliphatic heterocycles. The van der Waals surface area contributed by atoms with Crippen molar-refractivity contribution in [1.82, 2.24) is 5.48 Å². The highest BCUT2D eigenvalue weighted by atomic mass is 16.6. The van der Waals surface area contributed by atoms with Gasteiger partial charge in [-0.1, -0.05) is 53.4 Å². The average molecular weight is 269 g/mol. The van der Waals surface area contributed by atoms with Crippen LogP contribution < -0.4 is 5.48 Å². The molecule has 0 radical (unpaired) electrons. The number of nitrogens with one attached hydrogen (secondary N) is 1. The minimum atomic E-state index is 0.530. The van der Waals surface area contributed by atoms with Gasteiger partial charge in [0.2, 0.25) is 0 Å². The fourth-order valence-corrected chi connectivity index (χ4v) is 2.07. The molecule has 0 saturated heterocycles. The molecule has 0 aromatic rings. The van der Waals surface area contributed by atoms with Gasteiger partial charge < -0.3 is 4.84 Å². The first-order valence-corrected chi connectivity index (χ1v) is 8.25. The van der Waals surface area contributed by atoms with Gasteiger partial charge in [-0.25, -0.2) is 0 Å². The summed E-state index contributed by atoms with van der Waals surface area (Å²) < 4.78 is 0. The Morgan fingerprint density at radius 1 is 1.11 bits per heavy atom. The largest absolute Gasteiger partial charge is 0.413 e. The lowest BCUT2D eigenvalue weighted by Crippen LogP contribution is -2.17. The van der Waals surface area contributed by atoms with Crippen molar-refractivity contribution < 1.29 is 4.84 Å². The summed E-state index contributed by atoms with van der Waals surface area (Å²) in [6.07, 6.45) is 11.1. The van der Waals surface area contributed by atoms with Crippen LogP contribution in [0.5, 0.6) is 0 Å². The lowest BCUT2D eigenvalue weighted by molar-refractivity contribution is 0.0851. The SMILES string of the molecule is CCCCC(C)C(=CCCCC(C)CC)ONCC.